The number of fused-ring (bicyclic) bond motifs is 1. The number of nitrogens with zero attached hydrogens (tertiary/aromatic N) is 2. The third-order valence-corrected chi connectivity index (χ3v) is 3.84. The Morgan fingerprint density at radius 2 is 2.05 bits per heavy atom. The highest BCUT2D eigenvalue weighted by atomic mass is 16.1. The number of anilines is 1. The van der Waals surface area contributed by atoms with Gasteiger partial charge in [0.05, 0.1) is 18.2 Å². The maximum Gasteiger partial charge on any atom is 0.255 e. The molecule has 0 fully saturated rings. The fourth-order valence-corrected chi connectivity index (χ4v) is 2.60. The molecule has 1 heterocycles. The first-order valence-corrected chi connectivity index (χ1v) is 7.05. The number of benzene rings is 2. The van der Waals surface area contributed by atoms with Gasteiger partial charge >= 0.3 is 0 Å². The summed E-state index contributed by atoms with van der Waals surface area (Å²) in [6.45, 7) is 4.52. The number of amides is 1. The van der Waals surface area contributed by atoms with Crippen molar-refractivity contribution in [2.45, 2.75) is 20.4 Å². The van der Waals surface area contributed by atoms with Crippen molar-refractivity contribution in [3.63, 3.8) is 0 Å². The Morgan fingerprint density at radius 3 is 2.77 bits per heavy atom. The molecular formula is C18H15N3O. The highest BCUT2D eigenvalue weighted by Gasteiger charge is 2.14. The molecule has 0 aromatic heterocycles. The number of hydrogen-bond acceptors (Lipinski definition) is 3. The van der Waals surface area contributed by atoms with Crippen LogP contribution < -0.4 is 5.32 Å². The highest BCUT2D eigenvalue weighted by Crippen LogP contribution is 2.23. The lowest BCUT2D eigenvalue weighted by atomic mass is 10.0. The average molecular weight is 289 g/mol. The summed E-state index contributed by atoms with van der Waals surface area (Å²) in [5, 5.41) is 11.8. The van der Waals surface area contributed by atoms with E-state index in [2.05, 4.69) is 16.4 Å². The minimum atomic E-state index is -0.172. The maximum atomic E-state index is 12.4. The van der Waals surface area contributed by atoms with Gasteiger partial charge in [-0.05, 0) is 55.3 Å². The fraction of sp³-hybridized carbons (Fsp3) is 0.167. The molecule has 3 rings (SSSR count). The second kappa shape index (κ2) is 5.45. The summed E-state index contributed by atoms with van der Waals surface area (Å²) in [5.41, 5.74) is 5.95. The van der Waals surface area contributed by atoms with E-state index in [4.69, 9.17) is 5.26 Å². The van der Waals surface area contributed by atoms with Gasteiger partial charge in [-0.2, -0.15) is 5.26 Å². The van der Waals surface area contributed by atoms with Crippen molar-refractivity contribution in [1.82, 2.24) is 0 Å². The quantitative estimate of drug-likeness (QED) is 0.920. The minimum absolute atomic E-state index is 0.172. The van der Waals surface area contributed by atoms with Gasteiger partial charge < -0.3 is 5.32 Å². The fourth-order valence-electron chi connectivity index (χ4n) is 2.60. The van der Waals surface area contributed by atoms with Crippen LogP contribution in [0.15, 0.2) is 41.4 Å². The molecule has 0 aliphatic carbocycles. The standard InChI is InChI=1S/C18H15N3O/c1-11-7-13(9-19)3-6-16(11)18(22)21-15-5-4-14-10-20-12(2)17(14)8-15/h3-8H,10H2,1-2H3,(H,21,22). The maximum absolute atomic E-state index is 12.4. The number of carbonyl (C=O) groups excluding carboxylic acids is 1. The molecule has 0 unspecified atom stereocenters. The van der Waals surface area contributed by atoms with Crippen LogP contribution in [0.1, 0.15) is 39.5 Å². The zero-order valence-corrected chi connectivity index (χ0v) is 12.5. The molecule has 108 valence electrons. The third-order valence-electron chi connectivity index (χ3n) is 3.84. The highest BCUT2D eigenvalue weighted by molar-refractivity contribution is 6.07. The summed E-state index contributed by atoms with van der Waals surface area (Å²) in [6, 6.07) is 13.0. The van der Waals surface area contributed by atoms with Crippen LogP contribution in [0.4, 0.5) is 5.69 Å². The van der Waals surface area contributed by atoms with Crippen LogP contribution >= 0.6 is 0 Å². The lowest BCUT2D eigenvalue weighted by molar-refractivity contribution is 0.102. The molecule has 0 spiro atoms. The molecule has 1 aliphatic heterocycles. The van der Waals surface area contributed by atoms with Gasteiger partial charge in [0.15, 0.2) is 0 Å². The van der Waals surface area contributed by atoms with E-state index in [1.54, 1.807) is 18.2 Å². The van der Waals surface area contributed by atoms with Gasteiger partial charge in [-0.1, -0.05) is 6.07 Å². The van der Waals surface area contributed by atoms with Crippen LogP contribution in [-0.2, 0) is 6.54 Å². The first kappa shape index (κ1) is 14.0. The molecule has 22 heavy (non-hydrogen) atoms. The van der Waals surface area contributed by atoms with Crippen molar-refractivity contribution in [3.8, 4) is 6.07 Å². The predicted octanol–water partition coefficient (Wildman–Crippen LogP) is 3.44. The van der Waals surface area contributed by atoms with E-state index in [0.717, 1.165) is 22.5 Å². The number of hydrogen-bond donors (Lipinski definition) is 1. The van der Waals surface area contributed by atoms with Crippen molar-refractivity contribution in [3.05, 3.63) is 64.2 Å². The summed E-state index contributed by atoms with van der Waals surface area (Å²) in [7, 11) is 0. The van der Waals surface area contributed by atoms with E-state index in [-0.39, 0.29) is 5.91 Å². The minimum Gasteiger partial charge on any atom is -0.322 e. The lowest BCUT2D eigenvalue weighted by Gasteiger charge is -2.09. The summed E-state index contributed by atoms with van der Waals surface area (Å²) >= 11 is 0. The van der Waals surface area contributed by atoms with Crippen LogP contribution in [0.25, 0.3) is 0 Å². The first-order valence-electron chi connectivity index (χ1n) is 7.05. The van der Waals surface area contributed by atoms with Crippen LogP contribution in [0.3, 0.4) is 0 Å². The molecule has 1 amide bonds. The predicted molar refractivity (Wildman–Crippen MR) is 86.2 cm³/mol. The molecule has 2 aromatic carbocycles. The topological polar surface area (TPSA) is 65.2 Å². The van der Waals surface area contributed by atoms with E-state index in [1.807, 2.05) is 32.0 Å². The van der Waals surface area contributed by atoms with Gasteiger partial charge in [0.1, 0.15) is 0 Å². The SMILES string of the molecule is CC1=NCc2ccc(NC(=O)c3ccc(C#N)cc3C)cc21. The molecule has 0 radical (unpaired) electrons. The molecule has 2 aromatic rings. The monoisotopic (exact) mass is 289 g/mol. The van der Waals surface area contributed by atoms with E-state index in [9.17, 15) is 4.79 Å². The number of rotatable bonds is 2. The Hall–Kier alpha value is -2.93. The van der Waals surface area contributed by atoms with Gasteiger partial charge in [0.2, 0.25) is 0 Å². The van der Waals surface area contributed by atoms with Crippen molar-refractivity contribution in [1.29, 1.82) is 5.26 Å². The number of aryl methyl sites for hydroxylation is 1. The molecule has 0 atom stereocenters. The number of carbonyl (C=O) groups is 1. The zero-order valence-electron chi connectivity index (χ0n) is 12.5. The van der Waals surface area contributed by atoms with Crippen molar-refractivity contribution >= 4 is 17.3 Å². The smallest absolute Gasteiger partial charge is 0.255 e. The summed E-state index contributed by atoms with van der Waals surface area (Å²) in [5.74, 6) is -0.172. The average Bonchev–Trinajstić information content (AvgIpc) is 2.88. The number of nitrogens with one attached hydrogen (secondary N) is 1. The van der Waals surface area contributed by atoms with Crippen molar-refractivity contribution < 1.29 is 4.79 Å². The van der Waals surface area contributed by atoms with E-state index in [1.165, 1.54) is 5.56 Å². The van der Waals surface area contributed by atoms with Gasteiger partial charge in [-0.3, -0.25) is 9.79 Å². The summed E-state index contributed by atoms with van der Waals surface area (Å²) < 4.78 is 0. The molecule has 4 nitrogen and oxygen atoms in total. The summed E-state index contributed by atoms with van der Waals surface area (Å²) in [4.78, 5) is 16.8. The van der Waals surface area contributed by atoms with Crippen LogP contribution in [0, 0.1) is 18.3 Å². The largest absolute Gasteiger partial charge is 0.322 e. The van der Waals surface area contributed by atoms with Crippen LogP contribution in [0.5, 0.6) is 0 Å². The van der Waals surface area contributed by atoms with E-state index >= 15 is 0 Å². The zero-order chi connectivity index (χ0) is 15.7. The molecule has 0 saturated carbocycles. The molecule has 1 N–H and O–H groups in total. The lowest BCUT2D eigenvalue weighted by Crippen LogP contribution is -2.14. The number of nitriles is 1. The molecule has 4 heteroatoms. The van der Waals surface area contributed by atoms with Crippen LogP contribution in [-0.4, -0.2) is 11.6 Å². The Kier molecular flexibility index (Phi) is 3.48. The Balaban J connectivity index is 1.85. The van der Waals surface area contributed by atoms with Crippen molar-refractivity contribution in [2.24, 2.45) is 4.99 Å². The molecular weight excluding hydrogens is 274 g/mol. The Morgan fingerprint density at radius 1 is 1.23 bits per heavy atom. The van der Waals surface area contributed by atoms with Gasteiger partial charge in [-0.15, -0.1) is 0 Å². The van der Waals surface area contributed by atoms with E-state index in [0.29, 0.717) is 17.7 Å². The Labute approximate surface area is 129 Å². The van der Waals surface area contributed by atoms with E-state index < -0.39 is 0 Å². The van der Waals surface area contributed by atoms with Crippen LogP contribution in [0.2, 0.25) is 0 Å². The van der Waals surface area contributed by atoms with Gasteiger partial charge in [-0.25, -0.2) is 0 Å². The molecule has 0 saturated heterocycles. The molecule has 0 bridgehead atoms. The third kappa shape index (κ3) is 2.49. The normalized spacial score (nSPS) is 12.3. The Bertz CT molecular complexity index is 844. The van der Waals surface area contributed by atoms with Crippen molar-refractivity contribution in [2.75, 3.05) is 5.32 Å². The first-order chi connectivity index (χ1) is 10.6. The van der Waals surface area contributed by atoms with Gasteiger partial charge in [0, 0.05) is 22.5 Å². The molecule has 1 aliphatic rings. The second-order valence-electron chi connectivity index (χ2n) is 5.37. The summed E-state index contributed by atoms with van der Waals surface area (Å²) in [6.07, 6.45) is 0. The second-order valence-corrected chi connectivity index (χ2v) is 5.37. The number of aliphatic imine (C=N–C) groups is 1. The van der Waals surface area contributed by atoms with Gasteiger partial charge in [0.25, 0.3) is 5.91 Å².